The number of hydrogen-bond donors (Lipinski definition) is 0. The highest BCUT2D eigenvalue weighted by Gasteiger charge is 2.24. The molecule has 32 heavy (non-hydrogen) atoms. The molecular formula is C22H27ClN6O3. The van der Waals surface area contributed by atoms with E-state index >= 15 is 0 Å². The number of carbonyl (C=O) groups is 1. The van der Waals surface area contributed by atoms with E-state index in [9.17, 15) is 14.4 Å². The molecule has 0 saturated carbocycles. The Hall–Kier alpha value is -2.91. The lowest BCUT2D eigenvalue weighted by molar-refractivity contribution is -0.117. The first-order chi connectivity index (χ1) is 15.2. The topological polar surface area (TPSA) is 85.4 Å². The molecule has 0 bridgehead atoms. The molecule has 4 rings (SSSR count). The first-order valence-electron chi connectivity index (χ1n) is 10.6. The van der Waals surface area contributed by atoms with Gasteiger partial charge in [0.05, 0.1) is 13.1 Å². The number of rotatable bonds is 5. The number of aromatic nitrogens is 4. The lowest BCUT2D eigenvalue weighted by atomic mass is 10.1. The third-order valence-corrected chi connectivity index (χ3v) is 6.29. The van der Waals surface area contributed by atoms with Crippen LogP contribution >= 0.6 is 11.6 Å². The monoisotopic (exact) mass is 458 g/mol. The first kappa shape index (κ1) is 22.3. The summed E-state index contributed by atoms with van der Waals surface area (Å²) in [5.74, 6) is 0.531. The van der Waals surface area contributed by atoms with Crippen molar-refractivity contribution < 1.29 is 4.79 Å². The van der Waals surface area contributed by atoms with Crippen molar-refractivity contribution in [2.45, 2.75) is 26.9 Å². The maximum Gasteiger partial charge on any atom is 0.332 e. The average Bonchev–Trinajstić information content (AvgIpc) is 3.10. The highest BCUT2D eigenvalue weighted by atomic mass is 35.5. The molecule has 0 amide bonds. The summed E-state index contributed by atoms with van der Waals surface area (Å²) in [6, 6.07) is 5.92. The van der Waals surface area contributed by atoms with Gasteiger partial charge in [-0.3, -0.25) is 23.6 Å². The number of aryl methyl sites for hydroxylation is 2. The number of carbonyl (C=O) groups excluding carboxylic acids is 1. The molecule has 3 aromatic rings. The second-order valence-electron chi connectivity index (χ2n) is 8.39. The van der Waals surface area contributed by atoms with Gasteiger partial charge in [0.1, 0.15) is 11.6 Å². The van der Waals surface area contributed by atoms with E-state index in [0.29, 0.717) is 18.0 Å². The van der Waals surface area contributed by atoms with Crippen LogP contribution in [0, 0.1) is 6.92 Å². The number of ketones is 1. The van der Waals surface area contributed by atoms with E-state index < -0.39 is 11.2 Å². The van der Waals surface area contributed by atoms with E-state index in [1.165, 1.54) is 24.1 Å². The van der Waals surface area contributed by atoms with Gasteiger partial charge in [0.15, 0.2) is 11.2 Å². The molecule has 0 unspecified atom stereocenters. The molecule has 9 nitrogen and oxygen atoms in total. The van der Waals surface area contributed by atoms with Gasteiger partial charge in [-0.1, -0.05) is 17.7 Å². The standard InChI is InChI=1S/C22H27ClN6O3/c1-14-5-6-16(23)11-17(14)28-9-7-27(8-10-28)13-18-24-20-19(29(18)12-15(2)30)21(31)26(4)22(32)25(20)3/h5-6,11H,7-10,12-13H2,1-4H3. The smallest absolute Gasteiger partial charge is 0.332 e. The highest BCUT2D eigenvalue weighted by molar-refractivity contribution is 6.30. The number of imidazole rings is 1. The third kappa shape index (κ3) is 3.98. The molecule has 0 radical (unpaired) electrons. The zero-order chi connectivity index (χ0) is 23.2. The number of benzene rings is 1. The van der Waals surface area contributed by atoms with Gasteiger partial charge in [0.2, 0.25) is 0 Å². The van der Waals surface area contributed by atoms with E-state index in [-0.39, 0.29) is 17.8 Å². The Labute approximate surface area is 190 Å². The van der Waals surface area contributed by atoms with Crippen LogP contribution in [-0.4, -0.2) is 55.5 Å². The van der Waals surface area contributed by atoms with Crippen LogP contribution in [0.5, 0.6) is 0 Å². The zero-order valence-corrected chi connectivity index (χ0v) is 19.5. The van der Waals surface area contributed by atoms with Gasteiger partial charge in [0.25, 0.3) is 5.56 Å². The van der Waals surface area contributed by atoms with Gasteiger partial charge >= 0.3 is 5.69 Å². The zero-order valence-electron chi connectivity index (χ0n) is 18.8. The van der Waals surface area contributed by atoms with Crippen LogP contribution in [0.15, 0.2) is 27.8 Å². The minimum atomic E-state index is -0.440. The predicted octanol–water partition coefficient (Wildman–Crippen LogP) is 1.31. The molecule has 0 aliphatic carbocycles. The largest absolute Gasteiger partial charge is 0.369 e. The molecule has 1 aromatic carbocycles. The molecular weight excluding hydrogens is 432 g/mol. The van der Waals surface area contributed by atoms with E-state index in [1.807, 2.05) is 18.2 Å². The van der Waals surface area contributed by atoms with Gasteiger partial charge in [-0.15, -0.1) is 0 Å². The number of anilines is 1. The van der Waals surface area contributed by atoms with Crippen molar-refractivity contribution in [3.05, 3.63) is 55.4 Å². The second kappa shape index (κ2) is 8.55. The second-order valence-corrected chi connectivity index (χ2v) is 8.82. The Morgan fingerprint density at radius 3 is 2.44 bits per heavy atom. The molecule has 10 heteroatoms. The normalized spacial score (nSPS) is 15.0. The molecule has 0 N–H and O–H groups in total. The summed E-state index contributed by atoms with van der Waals surface area (Å²) in [5.41, 5.74) is 2.04. The van der Waals surface area contributed by atoms with Crippen molar-refractivity contribution in [1.29, 1.82) is 0 Å². The molecule has 1 aliphatic rings. The van der Waals surface area contributed by atoms with Crippen LogP contribution in [0.3, 0.4) is 0 Å². The fourth-order valence-electron chi connectivity index (χ4n) is 4.28. The van der Waals surface area contributed by atoms with Crippen LogP contribution in [0.1, 0.15) is 18.3 Å². The minimum Gasteiger partial charge on any atom is -0.369 e. The summed E-state index contributed by atoms with van der Waals surface area (Å²) in [6.45, 7) is 7.34. The molecule has 1 saturated heterocycles. The van der Waals surface area contributed by atoms with Crippen LogP contribution in [0.2, 0.25) is 5.02 Å². The van der Waals surface area contributed by atoms with Crippen molar-refractivity contribution in [2.24, 2.45) is 14.1 Å². The van der Waals surface area contributed by atoms with Gasteiger partial charge < -0.3 is 9.47 Å². The summed E-state index contributed by atoms with van der Waals surface area (Å²) in [6.07, 6.45) is 0. The van der Waals surface area contributed by atoms with Crippen molar-refractivity contribution in [3.63, 3.8) is 0 Å². The van der Waals surface area contributed by atoms with E-state index in [4.69, 9.17) is 11.6 Å². The van der Waals surface area contributed by atoms with Crippen LogP contribution < -0.4 is 16.1 Å². The predicted molar refractivity (Wildman–Crippen MR) is 125 cm³/mol. The van der Waals surface area contributed by atoms with Crippen LogP contribution in [-0.2, 0) is 32.0 Å². The minimum absolute atomic E-state index is 0.0426. The van der Waals surface area contributed by atoms with E-state index in [0.717, 1.165) is 41.5 Å². The van der Waals surface area contributed by atoms with Gasteiger partial charge in [0, 0.05) is 51.0 Å². The maximum absolute atomic E-state index is 12.8. The van der Waals surface area contributed by atoms with Crippen LogP contribution in [0.25, 0.3) is 11.2 Å². The molecule has 2 aromatic heterocycles. The summed E-state index contributed by atoms with van der Waals surface area (Å²) < 4.78 is 4.07. The summed E-state index contributed by atoms with van der Waals surface area (Å²) in [7, 11) is 3.02. The summed E-state index contributed by atoms with van der Waals surface area (Å²) in [5, 5.41) is 0.721. The number of nitrogens with zero attached hydrogens (tertiary/aromatic N) is 6. The van der Waals surface area contributed by atoms with Gasteiger partial charge in [-0.2, -0.15) is 0 Å². The Balaban J connectivity index is 1.62. The lowest BCUT2D eigenvalue weighted by Crippen LogP contribution is -2.46. The summed E-state index contributed by atoms with van der Waals surface area (Å²) in [4.78, 5) is 46.3. The lowest BCUT2D eigenvalue weighted by Gasteiger charge is -2.36. The SMILES string of the molecule is CC(=O)Cn1c(CN2CCN(c3cc(Cl)ccc3C)CC2)nc2c1c(=O)n(C)c(=O)n2C. The number of Topliss-reactive ketones (excluding diaryl/α,β-unsaturated/α-hetero) is 1. The fourth-order valence-corrected chi connectivity index (χ4v) is 4.44. The molecule has 0 spiro atoms. The number of piperazine rings is 1. The van der Waals surface area contributed by atoms with E-state index in [2.05, 4.69) is 21.7 Å². The van der Waals surface area contributed by atoms with Crippen molar-refractivity contribution in [1.82, 2.24) is 23.6 Å². The number of halogens is 1. The van der Waals surface area contributed by atoms with Gasteiger partial charge in [-0.05, 0) is 31.5 Å². The fraction of sp³-hybridized carbons (Fsp3) is 0.455. The molecule has 3 heterocycles. The molecule has 1 aliphatic heterocycles. The third-order valence-electron chi connectivity index (χ3n) is 6.06. The summed E-state index contributed by atoms with van der Waals surface area (Å²) >= 11 is 6.19. The Kier molecular flexibility index (Phi) is 5.96. The first-order valence-corrected chi connectivity index (χ1v) is 10.9. The highest BCUT2D eigenvalue weighted by Crippen LogP contribution is 2.25. The average molecular weight is 459 g/mol. The van der Waals surface area contributed by atoms with Crippen molar-refractivity contribution in [2.75, 3.05) is 31.1 Å². The van der Waals surface area contributed by atoms with E-state index in [1.54, 1.807) is 11.6 Å². The van der Waals surface area contributed by atoms with Crippen LogP contribution in [0.4, 0.5) is 5.69 Å². The Morgan fingerprint density at radius 2 is 1.78 bits per heavy atom. The number of hydrogen-bond acceptors (Lipinski definition) is 6. The molecule has 1 fully saturated rings. The Morgan fingerprint density at radius 1 is 1.09 bits per heavy atom. The quantitative estimate of drug-likeness (QED) is 0.573. The van der Waals surface area contributed by atoms with Gasteiger partial charge in [-0.25, -0.2) is 9.78 Å². The maximum atomic E-state index is 12.8. The molecule has 0 atom stereocenters. The van der Waals surface area contributed by atoms with Crippen molar-refractivity contribution in [3.8, 4) is 0 Å². The number of fused-ring (bicyclic) bond motifs is 1. The molecule has 170 valence electrons. The van der Waals surface area contributed by atoms with Crippen molar-refractivity contribution >= 4 is 34.2 Å². The Bertz CT molecular complexity index is 1310.